The lowest BCUT2D eigenvalue weighted by molar-refractivity contribution is 0.431. The fourth-order valence-corrected chi connectivity index (χ4v) is 3.27. The Balaban J connectivity index is 2.07. The van der Waals surface area contributed by atoms with Crippen LogP contribution in [0, 0.1) is 23.0 Å². The van der Waals surface area contributed by atoms with Crippen molar-refractivity contribution in [2.24, 2.45) is 0 Å². The van der Waals surface area contributed by atoms with Crippen LogP contribution in [0.4, 0.5) is 8.78 Å². The van der Waals surface area contributed by atoms with Gasteiger partial charge in [0.05, 0.1) is 11.5 Å². The van der Waals surface area contributed by atoms with E-state index in [9.17, 15) is 14.0 Å². The molecule has 0 spiro atoms. The maximum absolute atomic E-state index is 14.0. The van der Waals surface area contributed by atoms with Gasteiger partial charge in [0.2, 0.25) is 0 Å². The number of nitrogens with zero attached hydrogens (tertiary/aromatic N) is 1. The lowest BCUT2D eigenvalue weighted by atomic mass is 9.68. The fourth-order valence-electron chi connectivity index (χ4n) is 3.27. The topological polar surface area (TPSA) is 23.8 Å². The molecule has 0 heterocycles. The number of hydrogen-bond donors (Lipinski definition) is 0. The number of fused-ring (bicyclic) bond motifs is 1. The minimum atomic E-state index is -0.857. The van der Waals surface area contributed by atoms with Crippen LogP contribution in [0.2, 0.25) is 0 Å². The molecule has 0 bridgehead atoms. The second-order valence-corrected chi connectivity index (χ2v) is 5.59. The number of hydrogen-bond acceptors (Lipinski definition) is 1. The molecular weight excluding hydrogens is 268 g/mol. The van der Waals surface area contributed by atoms with Crippen LogP contribution in [0.15, 0.2) is 42.5 Å². The van der Waals surface area contributed by atoms with E-state index in [1.54, 1.807) is 6.07 Å². The van der Waals surface area contributed by atoms with Gasteiger partial charge in [-0.2, -0.15) is 5.26 Å². The average Bonchev–Trinajstić information content (AvgIpc) is 2.52. The standard InChI is InChI=1S/C18H15F2N/c19-16-9-3-6-14(17(16)20)11-18(12-21)10-4-7-13-5-1-2-8-15(13)18/h1-3,5-6,8-9H,4,7,10-11H2. The van der Waals surface area contributed by atoms with Crippen LogP contribution in [0.3, 0.4) is 0 Å². The zero-order valence-electron chi connectivity index (χ0n) is 11.6. The number of rotatable bonds is 2. The molecule has 3 rings (SSSR count). The summed E-state index contributed by atoms with van der Waals surface area (Å²) < 4.78 is 27.4. The molecule has 3 heteroatoms. The van der Waals surface area contributed by atoms with Crippen LogP contribution in [0.25, 0.3) is 0 Å². The monoisotopic (exact) mass is 283 g/mol. The minimum absolute atomic E-state index is 0.212. The molecule has 0 aliphatic heterocycles. The predicted octanol–water partition coefficient (Wildman–Crippen LogP) is 4.31. The van der Waals surface area contributed by atoms with Gasteiger partial charge in [0.15, 0.2) is 11.6 Å². The van der Waals surface area contributed by atoms with E-state index in [0.29, 0.717) is 6.42 Å². The van der Waals surface area contributed by atoms with Gasteiger partial charge in [-0.1, -0.05) is 36.4 Å². The zero-order chi connectivity index (χ0) is 14.9. The molecule has 2 aromatic carbocycles. The Morgan fingerprint density at radius 1 is 1.10 bits per heavy atom. The number of aryl methyl sites for hydroxylation is 1. The Kier molecular flexibility index (Phi) is 3.47. The second kappa shape index (κ2) is 5.29. The summed E-state index contributed by atoms with van der Waals surface area (Å²) in [5.74, 6) is -1.69. The van der Waals surface area contributed by atoms with Crippen molar-refractivity contribution in [1.29, 1.82) is 5.26 Å². The van der Waals surface area contributed by atoms with Gasteiger partial charge in [-0.25, -0.2) is 8.78 Å². The molecule has 0 N–H and O–H groups in total. The molecule has 0 amide bonds. The van der Waals surface area contributed by atoms with E-state index in [1.807, 2.05) is 24.3 Å². The number of halogens is 2. The highest BCUT2D eigenvalue weighted by Gasteiger charge is 2.37. The Morgan fingerprint density at radius 2 is 1.90 bits per heavy atom. The van der Waals surface area contributed by atoms with Crippen molar-refractivity contribution in [1.82, 2.24) is 0 Å². The van der Waals surface area contributed by atoms with Gasteiger partial charge in [0.1, 0.15) is 0 Å². The first-order valence-corrected chi connectivity index (χ1v) is 7.09. The largest absolute Gasteiger partial charge is 0.204 e. The summed E-state index contributed by atoms with van der Waals surface area (Å²) in [5.41, 5.74) is 1.61. The van der Waals surface area contributed by atoms with Crippen molar-refractivity contribution in [3.63, 3.8) is 0 Å². The Hall–Kier alpha value is -2.21. The van der Waals surface area contributed by atoms with Gasteiger partial charge < -0.3 is 0 Å². The van der Waals surface area contributed by atoms with Gasteiger partial charge in [0, 0.05) is 0 Å². The lowest BCUT2D eigenvalue weighted by Gasteiger charge is -2.33. The van der Waals surface area contributed by atoms with Crippen molar-refractivity contribution in [2.75, 3.05) is 0 Å². The fraction of sp³-hybridized carbons (Fsp3) is 0.278. The first-order chi connectivity index (χ1) is 10.2. The molecule has 0 aromatic heterocycles. The molecule has 106 valence electrons. The maximum atomic E-state index is 14.0. The molecule has 1 atom stereocenters. The SMILES string of the molecule is N#CC1(Cc2cccc(F)c2F)CCCc2ccccc21. The third-order valence-electron chi connectivity index (χ3n) is 4.32. The van der Waals surface area contributed by atoms with Crippen LogP contribution >= 0.6 is 0 Å². The normalized spacial score (nSPS) is 20.6. The smallest absolute Gasteiger partial charge is 0.162 e. The van der Waals surface area contributed by atoms with Crippen molar-refractivity contribution in [2.45, 2.75) is 31.1 Å². The molecule has 1 nitrogen and oxygen atoms in total. The first kappa shape index (κ1) is 13.8. The van der Waals surface area contributed by atoms with Crippen LogP contribution in [0.1, 0.15) is 29.5 Å². The van der Waals surface area contributed by atoms with Crippen LogP contribution in [-0.4, -0.2) is 0 Å². The molecule has 21 heavy (non-hydrogen) atoms. The van der Waals surface area contributed by atoms with Crippen molar-refractivity contribution in [3.8, 4) is 6.07 Å². The molecule has 1 aliphatic carbocycles. The molecule has 2 aromatic rings. The van der Waals surface area contributed by atoms with E-state index >= 15 is 0 Å². The summed E-state index contributed by atoms with van der Waals surface area (Å²) in [7, 11) is 0. The Morgan fingerprint density at radius 3 is 2.71 bits per heavy atom. The van der Waals surface area contributed by atoms with E-state index in [1.165, 1.54) is 6.07 Å². The highest BCUT2D eigenvalue weighted by Crippen LogP contribution is 2.40. The quantitative estimate of drug-likeness (QED) is 0.806. The lowest BCUT2D eigenvalue weighted by Crippen LogP contribution is -2.32. The Bertz CT molecular complexity index is 717. The molecule has 0 fully saturated rings. The molecule has 1 aliphatic rings. The van der Waals surface area contributed by atoms with Crippen LogP contribution in [-0.2, 0) is 18.3 Å². The maximum Gasteiger partial charge on any atom is 0.162 e. The summed E-state index contributed by atoms with van der Waals surface area (Å²) in [6, 6.07) is 14.4. The highest BCUT2D eigenvalue weighted by molar-refractivity contribution is 5.43. The summed E-state index contributed by atoms with van der Waals surface area (Å²) in [6.45, 7) is 0. The second-order valence-electron chi connectivity index (χ2n) is 5.59. The Labute approximate surface area is 122 Å². The molecule has 0 saturated heterocycles. The van der Waals surface area contributed by atoms with Crippen molar-refractivity contribution >= 4 is 0 Å². The summed E-state index contributed by atoms with van der Waals surface area (Å²) in [4.78, 5) is 0. The van der Waals surface area contributed by atoms with E-state index in [-0.39, 0.29) is 12.0 Å². The summed E-state index contributed by atoms with van der Waals surface area (Å²) >= 11 is 0. The summed E-state index contributed by atoms with van der Waals surface area (Å²) in [6.07, 6.45) is 2.72. The van der Waals surface area contributed by atoms with E-state index < -0.39 is 17.0 Å². The van der Waals surface area contributed by atoms with E-state index in [2.05, 4.69) is 6.07 Å². The molecule has 0 saturated carbocycles. The predicted molar refractivity (Wildman–Crippen MR) is 76.7 cm³/mol. The summed E-state index contributed by atoms with van der Waals surface area (Å²) in [5, 5.41) is 9.74. The first-order valence-electron chi connectivity index (χ1n) is 7.09. The number of benzene rings is 2. The van der Waals surface area contributed by atoms with Gasteiger partial charge >= 0.3 is 0 Å². The van der Waals surface area contributed by atoms with Crippen LogP contribution in [0.5, 0.6) is 0 Å². The molecular formula is C18H15F2N. The van der Waals surface area contributed by atoms with Gasteiger partial charge in [-0.15, -0.1) is 0 Å². The number of nitriles is 1. The van der Waals surface area contributed by atoms with Gasteiger partial charge in [-0.3, -0.25) is 0 Å². The van der Waals surface area contributed by atoms with E-state index in [0.717, 1.165) is 30.0 Å². The van der Waals surface area contributed by atoms with Gasteiger partial charge in [0.25, 0.3) is 0 Å². The zero-order valence-corrected chi connectivity index (χ0v) is 11.6. The molecule has 1 unspecified atom stereocenters. The van der Waals surface area contributed by atoms with Crippen molar-refractivity contribution in [3.05, 3.63) is 70.8 Å². The van der Waals surface area contributed by atoms with Gasteiger partial charge in [-0.05, 0) is 48.4 Å². The van der Waals surface area contributed by atoms with Crippen molar-refractivity contribution < 1.29 is 8.78 Å². The minimum Gasteiger partial charge on any atom is -0.204 e. The third-order valence-corrected chi connectivity index (χ3v) is 4.32. The van der Waals surface area contributed by atoms with E-state index in [4.69, 9.17) is 0 Å². The highest BCUT2D eigenvalue weighted by atomic mass is 19.2. The molecule has 0 radical (unpaired) electrons. The average molecular weight is 283 g/mol. The third kappa shape index (κ3) is 2.31. The van der Waals surface area contributed by atoms with Crippen LogP contribution < -0.4 is 0 Å².